The zero-order valence-corrected chi connectivity index (χ0v) is 13.2. The van der Waals surface area contributed by atoms with Crippen LogP contribution in [0.4, 0.5) is 11.4 Å². The Kier molecular flexibility index (Phi) is 4.92. The van der Waals surface area contributed by atoms with E-state index in [1.54, 1.807) is 60.7 Å². The first-order valence-corrected chi connectivity index (χ1v) is 7.62. The first kappa shape index (κ1) is 16.5. The number of aliphatic hydroxyl groups is 1. The van der Waals surface area contributed by atoms with E-state index in [2.05, 4.69) is 10.6 Å². The molecule has 2 amide bonds. The maximum Gasteiger partial charge on any atom is 0.291 e. The van der Waals surface area contributed by atoms with Crippen LogP contribution in [-0.2, 0) is 6.61 Å². The van der Waals surface area contributed by atoms with Gasteiger partial charge >= 0.3 is 0 Å². The molecule has 25 heavy (non-hydrogen) atoms. The molecule has 0 atom stereocenters. The molecule has 2 aromatic carbocycles. The number of carbonyl (C=O) groups excluding carboxylic acids is 2. The molecule has 0 saturated carbocycles. The topological polar surface area (TPSA) is 91.6 Å². The fraction of sp³-hybridized carbons (Fsp3) is 0.0526. The molecule has 3 aromatic rings. The molecule has 3 rings (SSSR count). The van der Waals surface area contributed by atoms with Crippen LogP contribution in [0.3, 0.4) is 0 Å². The molecule has 6 nitrogen and oxygen atoms in total. The molecular formula is C19H16N2O4. The summed E-state index contributed by atoms with van der Waals surface area (Å²) in [5.41, 5.74) is 2.33. The third-order valence-corrected chi connectivity index (χ3v) is 3.52. The van der Waals surface area contributed by atoms with E-state index >= 15 is 0 Å². The number of benzene rings is 2. The van der Waals surface area contributed by atoms with Crippen LogP contribution in [0.5, 0.6) is 0 Å². The van der Waals surface area contributed by atoms with Gasteiger partial charge in [0.2, 0.25) is 0 Å². The Morgan fingerprint density at radius 2 is 1.64 bits per heavy atom. The normalized spacial score (nSPS) is 10.3. The molecular weight excluding hydrogens is 320 g/mol. The smallest absolute Gasteiger partial charge is 0.291 e. The van der Waals surface area contributed by atoms with Crippen LogP contribution in [0.25, 0.3) is 0 Å². The Morgan fingerprint density at radius 1 is 0.880 bits per heavy atom. The minimum atomic E-state index is -0.358. The van der Waals surface area contributed by atoms with Crippen molar-refractivity contribution in [2.75, 3.05) is 10.6 Å². The number of furan rings is 1. The molecule has 0 bridgehead atoms. The van der Waals surface area contributed by atoms with Gasteiger partial charge in [-0.2, -0.15) is 0 Å². The Morgan fingerprint density at radius 3 is 2.32 bits per heavy atom. The summed E-state index contributed by atoms with van der Waals surface area (Å²) in [5.74, 6) is -0.424. The highest BCUT2D eigenvalue weighted by Gasteiger charge is 2.10. The van der Waals surface area contributed by atoms with Crippen molar-refractivity contribution in [2.24, 2.45) is 0 Å². The Bertz CT molecular complexity index is 871. The fourth-order valence-corrected chi connectivity index (χ4v) is 2.26. The third kappa shape index (κ3) is 4.13. The van der Waals surface area contributed by atoms with Crippen molar-refractivity contribution < 1.29 is 19.1 Å². The van der Waals surface area contributed by atoms with Crippen LogP contribution in [0.15, 0.2) is 71.3 Å². The number of amides is 2. The van der Waals surface area contributed by atoms with Crippen molar-refractivity contribution in [1.82, 2.24) is 0 Å². The second-order valence-corrected chi connectivity index (χ2v) is 5.32. The average molecular weight is 336 g/mol. The first-order chi connectivity index (χ1) is 12.2. The SMILES string of the molecule is O=C(Nc1cccc(CO)c1)c1ccc(NC(=O)c2ccco2)cc1. The van der Waals surface area contributed by atoms with Gasteiger partial charge in [0.05, 0.1) is 12.9 Å². The second kappa shape index (κ2) is 7.46. The van der Waals surface area contributed by atoms with Crippen molar-refractivity contribution in [3.8, 4) is 0 Å². The van der Waals surface area contributed by atoms with E-state index in [-0.39, 0.29) is 24.2 Å². The van der Waals surface area contributed by atoms with Gasteiger partial charge in [0.1, 0.15) is 0 Å². The third-order valence-electron chi connectivity index (χ3n) is 3.52. The molecule has 0 fully saturated rings. The van der Waals surface area contributed by atoms with Crippen molar-refractivity contribution in [3.05, 3.63) is 83.8 Å². The highest BCUT2D eigenvalue weighted by atomic mass is 16.3. The van der Waals surface area contributed by atoms with E-state index in [9.17, 15) is 9.59 Å². The fourth-order valence-electron chi connectivity index (χ4n) is 2.26. The predicted octanol–water partition coefficient (Wildman–Crippen LogP) is 3.28. The van der Waals surface area contributed by atoms with Gasteiger partial charge in [-0.3, -0.25) is 9.59 Å². The zero-order valence-electron chi connectivity index (χ0n) is 13.2. The maximum atomic E-state index is 12.3. The van der Waals surface area contributed by atoms with Crippen molar-refractivity contribution in [1.29, 1.82) is 0 Å². The van der Waals surface area contributed by atoms with Gasteiger partial charge in [-0.25, -0.2) is 0 Å². The number of aliphatic hydroxyl groups excluding tert-OH is 1. The summed E-state index contributed by atoms with van der Waals surface area (Å²) in [5, 5.41) is 14.6. The van der Waals surface area contributed by atoms with Crippen LogP contribution in [-0.4, -0.2) is 16.9 Å². The van der Waals surface area contributed by atoms with Crippen molar-refractivity contribution in [2.45, 2.75) is 6.61 Å². The Hall–Kier alpha value is -3.38. The molecule has 1 heterocycles. The van der Waals surface area contributed by atoms with E-state index in [0.717, 1.165) is 0 Å². The molecule has 0 spiro atoms. The van der Waals surface area contributed by atoms with E-state index in [4.69, 9.17) is 9.52 Å². The average Bonchev–Trinajstić information content (AvgIpc) is 3.17. The van der Waals surface area contributed by atoms with Gasteiger partial charge in [-0.05, 0) is 54.1 Å². The molecule has 126 valence electrons. The minimum absolute atomic E-state index is 0.0895. The summed E-state index contributed by atoms with van der Waals surface area (Å²) in [6, 6.07) is 16.7. The minimum Gasteiger partial charge on any atom is -0.459 e. The van der Waals surface area contributed by atoms with Crippen molar-refractivity contribution in [3.63, 3.8) is 0 Å². The highest BCUT2D eigenvalue weighted by Crippen LogP contribution is 2.15. The van der Waals surface area contributed by atoms with Crippen LogP contribution in [0.1, 0.15) is 26.5 Å². The molecule has 0 aliphatic heterocycles. The predicted molar refractivity (Wildman–Crippen MR) is 93.4 cm³/mol. The van der Waals surface area contributed by atoms with Crippen LogP contribution >= 0.6 is 0 Å². The van der Waals surface area contributed by atoms with Gasteiger partial charge in [0.15, 0.2) is 5.76 Å². The van der Waals surface area contributed by atoms with Gasteiger partial charge in [-0.15, -0.1) is 0 Å². The highest BCUT2D eigenvalue weighted by molar-refractivity contribution is 6.05. The van der Waals surface area contributed by atoms with E-state index in [0.29, 0.717) is 22.5 Å². The lowest BCUT2D eigenvalue weighted by atomic mass is 10.1. The zero-order chi connectivity index (χ0) is 17.6. The molecule has 0 radical (unpaired) electrons. The molecule has 0 aliphatic carbocycles. The molecule has 0 unspecified atom stereocenters. The Labute approximate surface area is 144 Å². The number of rotatable bonds is 5. The number of anilines is 2. The van der Waals surface area contributed by atoms with Gasteiger partial charge in [0, 0.05) is 16.9 Å². The second-order valence-electron chi connectivity index (χ2n) is 5.32. The first-order valence-electron chi connectivity index (χ1n) is 7.62. The number of hydrogen-bond acceptors (Lipinski definition) is 4. The van der Waals surface area contributed by atoms with E-state index in [1.807, 2.05) is 0 Å². The maximum absolute atomic E-state index is 12.3. The van der Waals surface area contributed by atoms with Crippen molar-refractivity contribution >= 4 is 23.2 Å². The largest absolute Gasteiger partial charge is 0.459 e. The van der Waals surface area contributed by atoms with Gasteiger partial charge < -0.3 is 20.2 Å². The lowest BCUT2D eigenvalue weighted by Gasteiger charge is -2.08. The monoisotopic (exact) mass is 336 g/mol. The summed E-state index contributed by atoms with van der Waals surface area (Å²) in [7, 11) is 0. The van der Waals surface area contributed by atoms with E-state index in [1.165, 1.54) is 6.26 Å². The van der Waals surface area contributed by atoms with Gasteiger partial charge in [-0.1, -0.05) is 12.1 Å². The molecule has 0 aliphatic rings. The van der Waals surface area contributed by atoms with Crippen LogP contribution < -0.4 is 10.6 Å². The summed E-state index contributed by atoms with van der Waals surface area (Å²) >= 11 is 0. The molecule has 1 aromatic heterocycles. The number of carbonyl (C=O) groups is 2. The lowest BCUT2D eigenvalue weighted by molar-refractivity contribution is 0.0995. The summed E-state index contributed by atoms with van der Waals surface area (Å²) < 4.78 is 5.02. The lowest BCUT2D eigenvalue weighted by Crippen LogP contribution is -2.13. The summed E-state index contributed by atoms with van der Waals surface area (Å²) in [4.78, 5) is 24.1. The van der Waals surface area contributed by atoms with Gasteiger partial charge in [0.25, 0.3) is 11.8 Å². The standard InChI is InChI=1S/C19H16N2O4/c22-12-13-3-1-4-16(11-13)21-18(23)14-6-8-15(9-7-14)20-19(24)17-5-2-10-25-17/h1-11,22H,12H2,(H,20,24)(H,21,23). The van der Waals surface area contributed by atoms with Crippen LogP contribution in [0.2, 0.25) is 0 Å². The summed E-state index contributed by atoms with van der Waals surface area (Å²) in [6.07, 6.45) is 1.42. The summed E-state index contributed by atoms with van der Waals surface area (Å²) in [6.45, 7) is -0.0895. The number of hydrogen-bond donors (Lipinski definition) is 3. The quantitative estimate of drug-likeness (QED) is 0.667. The number of nitrogens with one attached hydrogen (secondary N) is 2. The van der Waals surface area contributed by atoms with E-state index < -0.39 is 0 Å². The Balaban J connectivity index is 1.65. The molecule has 0 saturated heterocycles. The molecule has 6 heteroatoms. The molecule has 3 N–H and O–H groups in total. The van der Waals surface area contributed by atoms with Crippen LogP contribution in [0, 0.1) is 0 Å².